The summed E-state index contributed by atoms with van der Waals surface area (Å²) in [5.41, 5.74) is 8.83. The third-order valence-corrected chi connectivity index (χ3v) is 3.59. The minimum atomic E-state index is 0.633. The summed E-state index contributed by atoms with van der Waals surface area (Å²) < 4.78 is 5.44. The van der Waals surface area contributed by atoms with Gasteiger partial charge in [-0.15, -0.1) is 0 Å². The molecule has 0 atom stereocenters. The molecule has 1 heterocycles. The molecule has 5 heteroatoms. The largest absolute Gasteiger partial charge is 0.494 e. The summed E-state index contributed by atoms with van der Waals surface area (Å²) in [6.07, 6.45) is 2.63. The number of nitrogens with two attached hydrogens (primary N) is 1. The monoisotopic (exact) mass is 308 g/mol. The van der Waals surface area contributed by atoms with Gasteiger partial charge in [0.2, 0.25) is 5.95 Å². The minimum absolute atomic E-state index is 0.633. The molecular formula is C18H20N4O. The standard InChI is InChI=1S/C18H20N4O/c1-2-23-15-8-7-13(16(19)11-15)9-10-20-18-21-12-14-5-3-4-6-17(14)22-18/h3-8,11-12H,2,9-10,19H2,1H3,(H,20,21,22). The summed E-state index contributed by atoms with van der Waals surface area (Å²) in [7, 11) is 0. The van der Waals surface area contributed by atoms with Crippen molar-refractivity contribution >= 4 is 22.5 Å². The van der Waals surface area contributed by atoms with E-state index in [1.54, 1.807) is 0 Å². The Morgan fingerprint density at radius 3 is 2.87 bits per heavy atom. The first kappa shape index (κ1) is 15.1. The van der Waals surface area contributed by atoms with Crippen molar-refractivity contribution in [3.8, 4) is 5.75 Å². The fourth-order valence-electron chi connectivity index (χ4n) is 2.42. The van der Waals surface area contributed by atoms with Crippen LogP contribution in [-0.2, 0) is 6.42 Å². The summed E-state index contributed by atoms with van der Waals surface area (Å²) in [4.78, 5) is 8.82. The molecule has 0 radical (unpaired) electrons. The normalized spacial score (nSPS) is 10.7. The van der Waals surface area contributed by atoms with Gasteiger partial charge < -0.3 is 15.8 Å². The topological polar surface area (TPSA) is 73.1 Å². The van der Waals surface area contributed by atoms with E-state index in [2.05, 4.69) is 15.3 Å². The maximum atomic E-state index is 6.07. The predicted molar refractivity (Wildman–Crippen MR) is 93.8 cm³/mol. The van der Waals surface area contributed by atoms with Crippen molar-refractivity contribution in [1.29, 1.82) is 0 Å². The molecule has 3 aromatic rings. The van der Waals surface area contributed by atoms with Crippen molar-refractivity contribution in [2.24, 2.45) is 0 Å². The van der Waals surface area contributed by atoms with Crippen LogP contribution in [0, 0.1) is 0 Å². The minimum Gasteiger partial charge on any atom is -0.494 e. The van der Waals surface area contributed by atoms with Crippen molar-refractivity contribution in [3.63, 3.8) is 0 Å². The van der Waals surface area contributed by atoms with Gasteiger partial charge in [-0.2, -0.15) is 0 Å². The lowest BCUT2D eigenvalue weighted by molar-refractivity contribution is 0.340. The van der Waals surface area contributed by atoms with Crippen LogP contribution < -0.4 is 15.8 Å². The molecule has 5 nitrogen and oxygen atoms in total. The van der Waals surface area contributed by atoms with Crippen molar-refractivity contribution < 1.29 is 4.74 Å². The number of hydrogen-bond donors (Lipinski definition) is 2. The van der Waals surface area contributed by atoms with Crippen LogP contribution in [0.25, 0.3) is 10.9 Å². The molecule has 0 amide bonds. The van der Waals surface area contributed by atoms with Crippen molar-refractivity contribution in [2.75, 3.05) is 24.2 Å². The molecule has 0 saturated heterocycles. The lowest BCUT2D eigenvalue weighted by Crippen LogP contribution is -2.09. The third-order valence-electron chi connectivity index (χ3n) is 3.59. The molecule has 118 valence electrons. The SMILES string of the molecule is CCOc1ccc(CCNc2ncc3ccccc3n2)c(N)c1. The van der Waals surface area contributed by atoms with Gasteiger partial charge in [-0.05, 0) is 31.0 Å². The van der Waals surface area contributed by atoms with Crippen LogP contribution in [0.3, 0.4) is 0 Å². The predicted octanol–water partition coefficient (Wildman–Crippen LogP) is 3.27. The number of rotatable bonds is 6. The molecular weight excluding hydrogens is 288 g/mol. The third kappa shape index (κ3) is 3.69. The number of anilines is 2. The Morgan fingerprint density at radius 1 is 1.17 bits per heavy atom. The van der Waals surface area contributed by atoms with Crippen LogP contribution in [0.1, 0.15) is 12.5 Å². The number of nitrogen functional groups attached to an aromatic ring is 1. The summed E-state index contributed by atoms with van der Waals surface area (Å²) in [6.45, 7) is 3.31. The second kappa shape index (κ2) is 6.96. The van der Waals surface area contributed by atoms with Crippen LogP contribution in [0.2, 0.25) is 0 Å². The number of hydrogen-bond acceptors (Lipinski definition) is 5. The molecule has 0 bridgehead atoms. The Balaban J connectivity index is 1.62. The van der Waals surface area contributed by atoms with E-state index in [0.29, 0.717) is 12.6 Å². The summed E-state index contributed by atoms with van der Waals surface area (Å²) in [5, 5.41) is 4.28. The average Bonchev–Trinajstić information content (AvgIpc) is 2.57. The van der Waals surface area contributed by atoms with E-state index >= 15 is 0 Å². The van der Waals surface area contributed by atoms with Crippen LogP contribution in [-0.4, -0.2) is 23.1 Å². The quantitative estimate of drug-likeness (QED) is 0.684. The number of aromatic nitrogens is 2. The number of para-hydroxylation sites is 1. The molecule has 1 aromatic heterocycles. The second-order valence-corrected chi connectivity index (χ2v) is 5.22. The molecule has 0 saturated carbocycles. The Morgan fingerprint density at radius 2 is 2.04 bits per heavy atom. The van der Waals surface area contributed by atoms with Crippen LogP contribution >= 0.6 is 0 Å². The molecule has 0 spiro atoms. The molecule has 3 N–H and O–H groups in total. The van der Waals surface area contributed by atoms with Crippen molar-refractivity contribution in [2.45, 2.75) is 13.3 Å². The molecule has 0 aliphatic heterocycles. The molecule has 23 heavy (non-hydrogen) atoms. The van der Waals surface area contributed by atoms with Crippen molar-refractivity contribution in [3.05, 3.63) is 54.2 Å². The molecule has 2 aromatic carbocycles. The highest BCUT2D eigenvalue weighted by Crippen LogP contribution is 2.20. The van der Waals surface area contributed by atoms with Crippen LogP contribution in [0.15, 0.2) is 48.7 Å². The van der Waals surface area contributed by atoms with Crippen LogP contribution in [0.5, 0.6) is 5.75 Å². The number of fused-ring (bicyclic) bond motifs is 1. The molecule has 0 fully saturated rings. The number of nitrogens with one attached hydrogen (secondary N) is 1. The zero-order chi connectivity index (χ0) is 16.1. The highest BCUT2D eigenvalue weighted by molar-refractivity contribution is 5.78. The smallest absolute Gasteiger partial charge is 0.223 e. The molecule has 0 aliphatic carbocycles. The van der Waals surface area contributed by atoms with E-state index in [1.165, 1.54) is 0 Å². The Hall–Kier alpha value is -2.82. The fourth-order valence-corrected chi connectivity index (χ4v) is 2.42. The van der Waals surface area contributed by atoms with Gasteiger partial charge in [0, 0.05) is 29.9 Å². The van der Waals surface area contributed by atoms with E-state index in [0.717, 1.165) is 40.9 Å². The first-order valence-corrected chi connectivity index (χ1v) is 7.73. The number of nitrogens with zero attached hydrogens (tertiary/aromatic N) is 2. The van der Waals surface area contributed by atoms with E-state index in [1.807, 2.05) is 55.6 Å². The molecule has 0 unspecified atom stereocenters. The Bertz CT molecular complexity index is 804. The first-order chi connectivity index (χ1) is 11.3. The zero-order valence-electron chi connectivity index (χ0n) is 13.1. The van der Waals surface area contributed by atoms with E-state index in [-0.39, 0.29) is 0 Å². The van der Waals surface area contributed by atoms with E-state index in [9.17, 15) is 0 Å². The van der Waals surface area contributed by atoms with Gasteiger partial charge >= 0.3 is 0 Å². The van der Waals surface area contributed by atoms with Gasteiger partial charge in [-0.25, -0.2) is 9.97 Å². The van der Waals surface area contributed by atoms with Crippen molar-refractivity contribution in [1.82, 2.24) is 9.97 Å². The zero-order valence-corrected chi connectivity index (χ0v) is 13.1. The molecule has 3 rings (SSSR count). The summed E-state index contributed by atoms with van der Waals surface area (Å²) in [6, 6.07) is 13.7. The fraction of sp³-hybridized carbons (Fsp3) is 0.222. The maximum absolute atomic E-state index is 6.07. The van der Waals surface area contributed by atoms with Gasteiger partial charge in [0.15, 0.2) is 0 Å². The highest BCUT2D eigenvalue weighted by atomic mass is 16.5. The second-order valence-electron chi connectivity index (χ2n) is 5.22. The van der Waals surface area contributed by atoms with Gasteiger partial charge in [0.05, 0.1) is 12.1 Å². The summed E-state index contributed by atoms with van der Waals surface area (Å²) in [5.74, 6) is 1.44. The lowest BCUT2D eigenvalue weighted by atomic mass is 10.1. The first-order valence-electron chi connectivity index (χ1n) is 7.73. The number of benzene rings is 2. The molecule has 0 aliphatic rings. The summed E-state index contributed by atoms with van der Waals surface area (Å²) >= 11 is 0. The number of ether oxygens (including phenoxy) is 1. The van der Waals surface area contributed by atoms with Gasteiger partial charge in [-0.1, -0.05) is 24.3 Å². The Labute approximate surface area is 135 Å². The van der Waals surface area contributed by atoms with E-state index < -0.39 is 0 Å². The van der Waals surface area contributed by atoms with Gasteiger partial charge in [0.1, 0.15) is 5.75 Å². The van der Waals surface area contributed by atoms with Gasteiger partial charge in [-0.3, -0.25) is 0 Å². The maximum Gasteiger partial charge on any atom is 0.223 e. The average molecular weight is 308 g/mol. The van der Waals surface area contributed by atoms with Crippen LogP contribution in [0.4, 0.5) is 11.6 Å². The van der Waals surface area contributed by atoms with E-state index in [4.69, 9.17) is 10.5 Å². The van der Waals surface area contributed by atoms with Gasteiger partial charge in [0.25, 0.3) is 0 Å². The highest BCUT2D eigenvalue weighted by Gasteiger charge is 2.03. The Kier molecular flexibility index (Phi) is 4.57. The lowest BCUT2D eigenvalue weighted by Gasteiger charge is -2.10.